The summed E-state index contributed by atoms with van der Waals surface area (Å²) in [4.78, 5) is 16.3. The number of hydrogen-bond donors (Lipinski definition) is 2. The minimum atomic E-state index is -0.279. The average molecular weight is 426 g/mol. The van der Waals surface area contributed by atoms with Crippen molar-refractivity contribution in [2.75, 3.05) is 19.0 Å². The van der Waals surface area contributed by atoms with E-state index in [9.17, 15) is 4.79 Å². The molecule has 0 aliphatic heterocycles. The van der Waals surface area contributed by atoms with Gasteiger partial charge < -0.3 is 20.1 Å². The monoisotopic (exact) mass is 425 g/mol. The number of aromatic nitrogens is 1. The fourth-order valence-corrected chi connectivity index (χ4v) is 3.13. The van der Waals surface area contributed by atoms with Gasteiger partial charge in [-0.2, -0.15) is 0 Å². The van der Waals surface area contributed by atoms with Gasteiger partial charge in [-0.25, -0.2) is 0 Å². The van der Waals surface area contributed by atoms with Crippen LogP contribution in [-0.2, 0) is 17.9 Å². The summed E-state index contributed by atoms with van der Waals surface area (Å²) in [6.45, 7) is 3.09. The van der Waals surface area contributed by atoms with Crippen LogP contribution < -0.4 is 20.1 Å². The Bertz CT molecular complexity index is 979. The number of benzene rings is 2. The second kappa shape index (κ2) is 10.6. The largest absolute Gasteiger partial charge is 0.493 e. The molecule has 2 N–H and O–H groups in total. The van der Waals surface area contributed by atoms with Gasteiger partial charge in [0.05, 0.1) is 12.1 Å². The van der Waals surface area contributed by atoms with Gasteiger partial charge in [0, 0.05) is 31.2 Å². The predicted molar refractivity (Wildman–Crippen MR) is 118 cm³/mol. The maximum atomic E-state index is 12.2. The van der Waals surface area contributed by atoms with Crippen molar-refractivity contribution in [2.45, 2.75) is 20.0 Å². The van der Waals surface area contributed by atoms with Crippen LogP contribution in [0, 0.1) is 6.92 Å². The lowest BCUT2D eigenvalue weighted by Crippen LogP contribution is -2.20. The van der Waals surface area contributed by atoms with E-state index < -0.39 is 0 Å². The maximum Gasteiger partial charge on any atom is 0.262 e. The van der Waals surface area contributed by atoms with E-state index in [4.69, 9.17) is 21.1 Å². The van der Waals surface area contributed by atoms with Crippen LogP contribution in [0.4, 0.5) is 5.69 Å². The van der Waals surface area contributed by atoms with Gasteiger partial charge in [0.1, 0.15) is 0 Å². The average Bonchev–Trinajstić information content (AvgIpc) is 2.75. The molecule has 30 heavy (non-hydrogen) atoms. The highest BCUT2D eigenvalue weighted by Gasteiger charge is 2.14. The Kier molecular flexibility index (Phi) is 7.65. The highest BCUT2D eigenvalue weighted by atomic mass is 35.5. The summed E-state index contributed by atoms with van der Waals surface area (Å²) >= 11 is 6.40. The van der Waals surface area contributed by atoms with Crippen molar-refractivity contribution in [1.29, 1.82) is 0 Å². The van der Waals surface area contributed by atoms with Crippen LogP contribution in [0.2, 0.25) is 5.02 Å². The van der Waals surface area contributed by atoms with Crippen LogP contribution >= 0.6 is 11.6 Å². The number of ether oxygens (including phenoxy) is 2. The number of nitrogens with one attached hydrogen (secondary N) is 2. The Balaban J connectivity index is 1.57. The van der Waals surface area contributed by atoms with Gasteiger partial charge in [-0.1, -0.05) is 35.4 Å². The Hall–Kier alpha value is -3.09. The molecule has 0 aliphatic carbocycles. The lowest BCUT2D eigenvalue weighted by molar-refractivity contribution is -0.118. The number of hydrogen-bond acceptors (Lipinski definition) is 5. The molecule has 0 fully saturated rings. The molecule has 7 heteroatoms. The summed E-state index contributed by atoms with van der Waals surface area (Å²) in [6.07, 6.45) is 3.56. The molecule has 156 valence electrons. The molecule has 0 atom stereocenters. The molecule has 0 saturated heterocycles. The van der Waals surface area contributed by atoms with E-state index in [1.54, 1.807) is 12.3 Å². The highest BCUT2D eigenvalue weighted by Crippen LogP contribution is 2.36. The molecular formula is C23H24ClN3O3. The van der Waals surface area contributed by atoms with Gasteiger partial charge in [-0.05, 0) is 48.4 Å². The molecule has 1 heterocycles. The van der Waals surface area contributed by atoms with E-state index in [0.29, 0.717) is 35.3 Å². The van der Waals surface area contributed by atoms with Gasteiger partial charge >= 0.3 is 0 Å². The molecule has 3 rings (SSSR count). The summed E-state index contributed by atoms with van der Waals surface area (Å²) in [5, 5.41) is 6.51. The number of nitrogens with zero attached hydrogens (tertiary/aromatic N) is 1. The van der Waals surface area contributed by atoms with Gasteiger partial charge in [-0.3, -0.25) is 9.78 Å². The number of amides is 1. The molecule has 0 radical (unpaired) electrons. The first-order chi connectivity index (χ1) is 14.5. The molecule has 1 amide bonds. The standard InChI is InChI=1S/C23H24ClN3O3/c1-16-5-7-19(8-6-16)27-22(28)15-30-23-20(24)10-18(11-21(23)29-2)14-26-13-17-4-3-9-25-12-17/h3-12,26H,13-15H2,1-2H3,(H,27,28). The van der Waals surface area contributed by atoms with Gasteiger partial charge in [-0.15, -0.1) is 0 Å². The van der Waals surface area contributed by atoms with Gasteiger partial charge in [0.15, 0.2) is 18.1 Å². The third-order valence-corrected chi connectivity index (χ3v) is 4.63. The first-order valence-electron chi connectivity index (χ1n) is 9.50. The van der Waals surface area contributed by atoms with E-state index in [2.05, 4.69) is 15.6 Å². The van der Waals surface area contributed by atoms with E-state index in [0.717, 1.165) is 16.7 Å². The zero-order valence-electron chi connectivity index (χ0n) is 16.9. The first-order valence-corrected chi connectivity index (χ1v) is 9.88. The molecule has 0 unspecified atom stereocenters. The lowest BCUT2D eigenvalue weighted by Gasteiger charge is -2.14. The molecule has 0 bridgehead atoms. The third kappa shape index (κ3) is 6.20. The molecule has 2 aromatic carbocycles. The van der Waals surface area contributed by atoms with Crippen molar-refractivity contribution in [3.05, 3.63) is 82.6 Å². The molecule has 0 aliphatic rings. The molecule has 0 saturated carbocycles. The van der Waals surface area contributed by atoms with Crippen molar-refractivity contribution in [3.8, 4) is 11.5 Å². The van der Waals surface area contributed by atoms with Crippen molar-refractivity contribution in [3.63, 3.8) is 0 Å². The Morgan fingerprint density at radius 3 is 2.57 bits per heavy atom. The SMILES string of the molecule is COc1cc(CNCc2cccnc2)cc(Cl)c1OCC(=O)Nc1ccc(C)cc1. The van der Waals surface area contributed by atoms with Crippen molar-refractivity contribution >= 4 is 23.2 Å². The number of rotatable bonds is 9. The lowest BCUT2D eigenvalue weighted by atomic mass is 10.2. The van der Waals surface area contributed by atoms with Crippen molar-refractivity contribution in [1.82, 2.24) is 10.3 Å². The van der Waals surface area contributed by atoms with Gasteiger partial charge in [0.25, 0.3) is 5.91 Å². The van der Waals surface area contributed by atoms with Crippen LogP contribution in [-0.4, -0.2) is 24.6 Å². The fourth-order valence-electron chi connectivity index (χ4n) is 2.84. The number of carbonyl (C=O) groups is 1. The van der Waals surface area contributed by atoms with Crippen LogP contribution in [0.25, 0.3) is 0 Å². The Morgan fingerprint density at radius 1 is 1.10 bits per heavy atom. The summed E-state index contributed by atoms with van der Waals surface area (Å²) in [7, 11) is 1.54. The van der Waals surface area contributed by atoms with Gasteiger partial charge in [0.2, 0.25) is 0 Å². The molecule has 3 aromatic rings. The second-order valence-electron chi connectivity index (χ2n) is 6.78. The number of anilines is 1. The topological polar surface area (TPSA) is 72.5 Å². The van der Waals surface area contributed by atoms with Crippen LogP contribution in [0.1, 0.15) is 16.7 Å². The fraction of sp³-hybridized carbons (Fsp3) is 0.217. The predicted octanol–water partition coefficient (Wildman–Crippen LogP) is 4.36. The van der Waals surface area contributed by atoms with Crippen LogP contribution in [0.5, 0.6) is 11.5 Å². The molecule has 6 nitrogen and oxygen atoms in total. The Labute approximate surface area is 181 Å². The molecule has 0 spiro atoms. The number of aryl methyl sites for hydroxylation is 1. The van der Waals surface area contributed by atoms with Crippen molar-refractivity contribution < 1.29 is 14.3 Å². The first kappa shape index (κ1) is 21.6. The molecular weight excluding hydrogens is 402 g/mol. The van der Waals surface area contributed by atoms with E-state index >= 15 is 0 Å². The summed E-state index contributed by atoms with van der Waals surface area (Å²) in [5.41, 5.74) is 3.87. The van der Waals surface area contributed by atoms with Crippen LogP contribution in [0.3, 0.4) is 0 Å². The number of halogens is 1. The number of methoxy groups -OCH3 is 1. The van der Waals surface area contributed by atoms with Crippen LogP contribution in [0.15, 0.2) is 60.9 Å². The van der Waals surface area contributed by atoms with Crippen molar-refractivity contribution in [2.24, 2.45) is 0 Å². The summed E-state index contributed by atoms with van der Waals surface area (Å²) < 4.78 is 11.1. The minimum absolute atomic E-state index is 0.178. The second-order valence-corrected chi connectivity index (χ2v) is 7.18. The zero-order chi connectivity index (χ0) is 21.3. The normalized spacial score (nSPS) is 10.5. The molecule has 1 aromatic heterocycles. The number of pyridine rings is 1. The van der Waals surface area contributed by atoms with E-state index in [1.165, 1.54) is 7.11 Å². The van der Waals surface area contributed by atoms with E-state index in [-0.39, 0.29) is 12.5 Å². The third-order valence-electron chi connectivity index (χ3n) is 4.35. The Morgan fingerprint density at radius 2 is 1.87 bits per heavy atom. The minimum Gasteiger partial charge on any atom is -0.493 e. The summed E-state index contributed by atoms with van der Waals surface area (Å²) in [5.74, 6) is 0.539. The highest BCUT2D eigenvalue weighted by molar-refractivity contribution is 6.32. The quantitative estimate of drug-likeness (QED) is 0.533. The summed E-state index contributed by atoms with van der Waals surface area (Å²) in [6, 6.07) is 15.1. The zero-order valence-corrected chi connectivity index (χ0v) is 17.7. The van der Waals surface area contributed by atoms with E-state index in [1.807, 2.05) is 55.6 Å². The number of carbonyl (C=O) groups excluding carboxylic acids is 1. The smallest absolute Gasteiger partial charge is 0.262 e. The maximum absolute atomic E-state index is 12.2.